The first-order chi connectivity index (χ1) is 8.82. The molecule has 8 heteroatoms. The fourth-order valence-electron chi connectivity index (χ4n) is 0.701. The minimum Gasteiger partial charge on any atom is -0.361 e. The van der Waals surface area contributed by atoms with Crippen LogP contribution < -0.4 is 0 Å². The van der Waals surface area contributed by atoms with E-state index in [9.17, 15) is 14.2 Å². The smallest absolute Gasteiger partial charge is 0.361 e. The second-order valence-corrected chi connectivity index (χ2v) is 8.23. The molecule has 0 aromatic rings. The Bertz CT molecular complexity index is 375. The average molecular weight is 326 g/mol. The van der Waals surface area contributed by atoms with E-state index in [1.54, 1.807) is 41.5 Å². The maximum absolute atomic E-state index is 12.3. The van der Waals surface area contributed by atoms with Crippen LogP contribution in [0.25, 0.3) is 0 Å². The highest BCUT2D eigenvalue weighted by atomic mass is 32.1. The number of phosphoric ester groups is 1. The number of thiol groups is 1. The molecule has 0 radical (unpaired) electrons. The van der Waals surface area contributed by atoms with Crippen molar-refractivity contribution in [3.05, 3.63) is 0 Å². The molecule has 0 atom stereocenters. The van der Waals surface area contributed by atoms with E-state index in [-0.39, 0.29) is 12.4 Å². The molecule has 0 amide bonds. The molecule has 0 saturated carbocycles. The molecule has 20 heavy (non-hydrogen) atoms. The monoisotopic (exact) mass is 326 g/mol. The predicted octanol–water partition coefficient (Wildman–Crippen LogP) is 3.22. The van der Waals surface area contributed by atoms with E-state index in [0.29, 0.717) is 0 Å². The average Bonchev–Trinajstić information content (AvgIpc) is 2.23. The van der Waals surface area contributed by atoms with Crippen molar-refractivity contribution < 1.29 is 27.7 Å². The quantitative estimate of drug-likeness (QED) is 0.617. The number of hydrogen-bond donors (Lipinski definition) is 1. The fraction of sp³-hybridized carbons (Fsp3) is 0.833. The summed E-state index contributed by atoms with van der Waals surface area (Å²) in [6.45, 7) is 9.45. The minimum atomic E-state index is -4.29. The molecule has 0 aliphatic rings. The second kappa shape index (κ2) is 6.96. The van der Waals surface area contributed by atoms with Crippen molar-refractivity contribution in [2.75, 3.05) is 12.4 Å². The summed E-state index contributed by atoms with van der Waals surface area (Å²) in [4.78, 5) is 23.6. The van der Waals surface area contributed by atoms with E-state index < -0.39 is 30.6 Å². The van der Waals surface area contributed by atoms with Gasteiger partial charge in [-0.3, -0.25) is 14.1 Å². The van der Waals surface area contributed by atoms with Crippen LogP contribution in [0.15, 0.2) is 0 Å². The molecule has 0 aliphatic carbocycles. The molecule has 6 nitrogen and oxygen atoms in total. The summed E-state index contributed by atoms with van der Waals surface area (Å²) in [6, 6.07) is 0. The summed E-state index contributed by atoms with van der Waals surface area (Å²) in [7, 11) is -4.29. The van der Waals surface area contributed by atoms with Crippen LogP contribution in [-0.4, -0.2) is 24.3 Å². The first-order valence-electron chi connectivity index (χ1n) is 6.15. The lowest BCUT2D eigenvalue weighted by atomic mass is 9.98. The van der Waals surface area contributed by atoms with Gasteiger partial charge in [-0.25, -0.2) is 4.57 Å². The van der Waals surface area contributed by atoms with E-state index in [1.807, 2.05) is 0 Å². The lowest BCUT2D eigenvalue weighted by Crippen LogP contribution is -2.26. The van der Waals surface area contributed by atoms with Gasteiger partial charge in [0.15, 0.2) is 0 Å². The van der Waals surface area contributed by atoms with Gasteiger partial charge in [0.1, 0.15) is 0 Å². The Kier molecular flexibility index (Phi) is 6.78. The largest absolute Gasteiger partial charge is 0.592 e. The highest BCUT2D eigenvalue weighted by Crippen LogP contribution is 2.52. The van der Waals surface area contributed by atoms with Gasteiger partial charge in [-0.2, -0.15) is 12.6 Å². The fourth-order valence-corrected chi connectivity index (χ4v) is 2.35. The van der Waals surface area contributed by atoms with Crippen LogP contribution in [-0.2, 0) is 27.7 Å². The minimum absolute atomic E-state index is 0.0742. The molecule has 0 spiro atoms. The van der Waals surface area contributed by atoms with Crippen LogP contribution in [0.5, 0.6) is 0 Å². The Morgan fingerprint density at radius 1 is 0.950 bits per heavy atom. The van der Waals surface area contributed by atoms with Crippen LogP contribution >= 0.6 is 20.5 Å². The molecule has 118 valence electrons. The standard InChI is InChI=1S/C12H23O6PS/c1-11(2,3)9(13)17-19(15,16-7-8-20)18-10(14)12(4,5)6/h20H,7-8H2,1-6H3. The van der Waals surface area contributed by atoms with Crippen LogP contribution in [0.1, 0.15) is 41.5 Å². The molecule has 0 aliphatic heterocycles. The van der Waals surface area contributed by atoms with E-state index in [0.717, 1.165) is 0 Å². The van der Waals surface area contributed by atoms with Gasteiger partial charge in [-0.15, -0.1) is 0 Å². The number of hydrogen-bond acceptors (Lipinski definition) is 7. The molecule has 0 aromatic carbocycles. The zero-order chi connectivity index (χ0) is 16.2. The van der Waals surface area contributed by atoms with Crippen LogP contribution in [0.2, 0.25) is 0 Å². The molecule has 0 rings (SSSR count). The maximum Gasteiger partial charge on any atom is 0.592 e. The molecular weight excluding hydrogens is 303 g/mol. The van der Waals surface area contributed by atoms with Gasteiger partial charge in [0.05, 0.1) is 17.4 Å². The van der Waals surface area contributed by atoms with Crippen molar-refractivity contribution in [3.8, 4) is 0 Å². The molecule has 0 aromatic heterocycles. The predicted molar refractivity (Wildman–Crippen MR) is 78.5 cm³/mol. The Hall–Kier alpha value is -0.520. The van der Waals surface area contributed by atoms with E-state index in [1.165, 1.54) is 0 Å². The summed E-state index contributed by atoms with van der Waals surface area (Å²) in [5, 5.41) is 0. The molecule has 0 saturated heterocycles. The lowest BCUT2D eigenvalue weighted by Gasteiger charge is -2.24. The van der Waals surface area contributed by atoms with Gasteiger partial charge in [0.25, 0.3) is 0 Å². The molecular formula is C12H23O6PS. The maximum atomic E-state index is 12.3. The summed E-state index contributed by atoms with van der Waals surface area (Å²) >= 11 is 3.90. The third-order valence-corrected chi connectivity index (χ3v) is 3.42. The van der Waals surface area contributed by atoms with E-state index >= 15 is 0 Å². The normalized spacial score (nSPS) is 12.9. The first kappa shape index (κ1) is 19.5. The third-order valence-electron chi connectivity index (χ3n) is 1.95. The van der Waals surface area contributed by atoms with Crippen LogP contribution in [0, 0.1) is 10.8 Å². The number of phosphoric acid groups is 1. The SMILES string of the molecule is CC(C)(C)C(=O)OP(=O)(OCCS)OC(=O)C(C)(C)C. The van der Waals surface area contributed by atoms with E-state index in [2.05, 4.69) is 12.6 Å². The molecule has 0 heterocycles. The van der Waals surface area contributed by atoms with Crippen LogP contribution in [0.4, 0.5) is 0 Å². The van der Waals surface area contributed by atoms with Gasteiger partial charge < -0.3 is 9.05 Å². The topological polar surface area (TPSA) is 78.9 Å². The van der Waals surface area contributed by atoms with Gasteiger partial charge in [0.2, 0.25) is 0 Å². The van der Waals surface area contributed by atoms with Crippen molar-refractivity contribution >= 4 is 32.4 Å². The molecule has 0 N–H and O–H groups in total. The van der Waals surface area contributed by atoms with E-state index in [4.69, 9.17) is 13.6 Å². The van der Waals surface area contributed by atoms with Crippen molar-refractivity contribution in [2.45, 2.75) is 41.5 Å². The highest BCUT2D eigenvalue weighted by molar-refractivity contribution is 7.80. The zero-order valence-electron chi connectivity index (χ0n) is 12.8. The van der Waals surface area contributed by atoms with Crippen molar-refractivity contribution in [1.82, 2.24) is 0 Å². The Labute approximate surface area is 125 Å². The Balaban J connectivity index is 5.07. The van der Waals surface area contributed by atoms with Gasteiger partial charge >= 0.3 is 19.8 Å². The van der Waals surface area contributed by atoms with Gasteiger partial charge in [0, 0.05) is 5.75 Å². The summed E-state index contributed by atoms with van der Waals surface area (Å²) < 4.78 is 26.8. The number of carbonyl (C=O) groups excluding carboxylic acids is 2. The number of rotatable bonds is 5. The second-order valence-electron chi connectivity index (χ2n) is 6.26. The Morgan fingerprint density at radius 3 is 1.55 bits per heavy atom. The zero-order valence-corrected chi connectivity index (χ0v) is 14.5. The molecule has 0 bridgehead atoms. The summed E-state index contributed by atoms with van der Waals surface area (Å²) in [6.07, 6.45) is 0. The van der Waals surface area contributed by atoms with Crippen molar-refractivity contribution in [1.29, 1.82) is 0 Å². The Morgan fingerprint density at radius 2 is 1.30 bits per heavy atom. The first-order valence-corrected chi connectivity index (χ1v) is 8.24. The van der Waals surface area contributed by atoms with Gasteiger partial charge in [-0.05, 0) is 41.5 Å². The third kappa shape index (κ3) is 6.77. The highest BCUT2D eigenvalue weighted by Gasteiger charge is 2.41. The molecule has 0 unspecified atom stereocenters. The summed E-state index contributed by atoms with van der Waals surface area (Å²) in [5.41, 5.74) is -1.79. The lowest BCUT2D eigenvalue weighted by molar-refractivity contribution is -0.150. The van der Waals surface area contributed by atoms with Crippen molar-refractivity contribution in [2.24, 2.45) is 10.8 Å². The van der Waals surface area contributed by atoms with Gasteiger partial charge in [-0.1, -0.05) is 0 Å². The van der Waals surface area contributed by atoms with Crippen molar-refractivity contribution in [3.63, 3.8) is 0 Å². The molecule has 0 fully saturated rings. The number of carbonyl (C=O) groups is 2. The van der Waals surface area contributed by atoms with Crippen LogP contribution in [0.3, 0.4) is 0 Å². The summed E-state index contributed by atoms with van der Waals surface area (Å²) in [5.74, 6) is -1.31.